The smallest absolute Gasteiger partial charge is 0.211 e. The van der Waals surface area contributed by atoms with Crippen LogP contribution in [0.2, 0.25) is 5.02 Å². The van der Waals surface area contributed by atoms with E-state index in [1.54, 1.807) is 18.0 Å². The predicted octanol–water partition coefficient (Wildman–Crippen LogP) is 4.39. The number of nitrogens with two attached hydrogens (primary N) is 1. The van der Waals surface area contributed by atoms with Gasteiger partial charge in [-0.3, -0.25) is 4.40 Å². The van der Waals surface area contributed by atoms with Crippen LogP contribution in [-0.4, -0.2) is 57.2 Å². The van der Waals surface area contributed by atoms with Gasteiger partial charge in [-0.05, 0) is 46.6 Å². The number of halogens is 1. The third kappa shape index (κ3) is 4.12. The number of anilines is 2. The Morgan fingerprint density at radius 3 is 2.71 bits per heavy atom. The molecule has 2 aliphatic heterocycles. The highest BCUT2D eigenvalue weighted by Gasteiger charge is 2.47. The Balaban J connectivity index is 1.43. The number of imidazole rings is 1. The molecule has 34 heavy (non-hydrogen) atoms. The van der Waals surface area contributed by atoms with Crippen molar-refractivity contribution < 1.29 is 4.74 Å². The van der Waals surface area contributed by atoms with Crippen LogP contribution in [0.25, 0.3) is 5.65 Å². The van der Waals surface area contributed by atoms with Crippen molar-refractivity contribution in [3.63, 3.8) is 0 Å². The molecule has 5 heterocycles. The van der Waals surface area contributed by atoms with Gasteiger partial charge in [-0.25, -0.2) is 15.0 Å². The molecule has 0 amide bonds. The molecule has 182 valence electrons. The first kappa shape index (κ1) is 23.7. The Hall–Kier alpha value is -2.07. The number of rotatable bonds is 5. The lowest BCUT2D eigenvalue weighted by atomic mass is 9.73. The fourth-order valence-corrected chi connectivity index (χ4v) is 6.26. The summed E-state index contributed by atoms with van der Waals surface area (Å²) in [7, 11) is 0. The normalized spacial score (nSPS) is 22.3. The predicted molar refractivity (Wildman–Crippen MR) is 137 cm³/mol. The van der Waals surface area contributed by atoms with E-state index in [-0.39, 0.29) is 23.6 Å². The minimum atomic E-state index is 0.0780. The summed E-state index contributed by atoms with van der Waals surface area (Å²) >= 11 is 8.27. The average molecular weight is 502 g/mol. The number of ether oxygens (including phenoxy) is 1. The van der Waals surface area contributed by atoms with Crippen LogP contribution in [0.5, 0.6) is 0 Å². The third-order valence-corrected chi connectivity index (χ3v) is 8.77. The van der Waals surface area contributed by atoms with Gasteiger partial charge in [0.25, 0.3) is 0 Å². The second-order valence-corrected chi connectivity index (χ2v) is 11.1. The van der Waals surface area contributed by atoms with Crippen LogP contribution in [0.4, 0.5) is 11.8 Å². The van der Waals surface area contributed by atoms with Gasteiger partial charge < -0.3 is 20.7 Å². The maximum Gasteiger partial charge on any atom is 0.211 e. The molecule has 5 rings (SSSR count). The van der Waals surface area contributed by atoms with Crippen molar-refractivity contribution in [2.24, 2.45) is 11.1 Å². The highest BCUT2D eigenvalue weighted by atomic mass is 35.5. The first-order valence-electron chi connectivity index (χ1n) is 11.8. The molecule has 3 N–H and O–H groups in total. The lowest BCUT2D eigenvalue weighted by molar-refractivity contribution is 0.0973. The van der Waals surface area contributed by atoms with Crippen LogP contribution >= 0.6 is 23.4 Å². The topological polar surface area (TPSA) is 93.6 Å². The van der Waals surface area contributed by atoms with E-state index in [1.165, 1.54) is 0 Å². The van der Waals surface area contributed by atoms with Crippen LogP contribution in [0, 0.1) is 12.3 Å². The van der Waals surface area contributed by atoms with E-state index in [0.29, 0.717) is 10.8 Å². The van der Waals surface area contributed by atoms with Crippen molar-refractivity contribution in [3.8, 4) is 0 Å². The van der Waals surface area contributed by atoms with Gasteiger partial charge in [0.05, 0.1) is 28.3 Å². The van der Waals surface area contributed by atoms with Crippen molar-refractivity contribution in [3.05, 3.63) is 35.4 Å². The summed E-state index contributed by atoms with van der Waals surface area (Å²) in [6.07, 6.45) is 7.73. The second kappa shape index (κ2) is 9.18. The first-order chi connectivity index (χ1) is 16.3. The van der Waals surface area contributed by atoms with Gasteiger partial charge in [-0.15, -0.1) is 0 Å². The van der Waals surface area contributed by atoms with E-state index in [1.807, 2.05) is 25.4 Å². The van der Waals surface area contributed by atoms with Crippen LogP contribution in [0.15, 0.2) is 34.4 Å². The van der Waals surface area contributed by atoms with Crippen molar-refractivity contribution in [1.29, 1.82) is 0 Å². The van der Waals surface area contributed by atoms with E-state index >= 15 is 0 Å². The quantitative estimate of drug-likeness (QED) is 0.531. The zero-order chi connectivity index (χ0) is 24.0. The molecule has 2 aliphatic rings. The van der Waals surface area contributed by atoms with E-state index in [2.05, 4.69) is 45.4 Å². The van der Waals surface area contributed by atoms with Gasteiger partial charge in [-0.1, -0.05) is 23.4 Å². The average Bonchev–Trinajstić information content (AvgIpc) is 3.40. The highest BCUT2D eigenvalue weighted by Crippen LogP contribution is 2.43. The maximum absolute atomic E-state index is 6.69. The summed E-state index contributed by atoms with van der Waals surface area (Å²) in [4.78, 5) is 18.4. The van der Waals surface area contributed by atoms with Gasteiger partial charge in [0, 0.05) is 54.1 Å². The van der Waals surface area contributed by atoms with Crippen LogP contribution in [0.3, 0.4) is 0 Å². The third-order valence-electron chi connectivity index (χ3n) is 7.04. The van der Waals surface area contributed by atoms with Gasteiger partial charge in [0.2, 0.25) is 5.95 Å². The fourth-order valence-electron chi connectivity index (χ4n) is 5.01. The molecule has 0 bridgehead atoms. The molecule has 2 saturated heterocycles. The van der Waals surface area contributed by atoms with E-state index in [0.717, 1.165) is 59.6 Å². The van der Waals surface area contributed by atoms with Gasteiger partial charge >= 0.3 is 0 Å². The van der Waals surface area contributed by atoms with Gasteiger partial charge in [0.15, 0.2) is 5.65 Å². The molecule has 3 aromatic rings. The summed E-state index contributed by atoms with van der Waals surface area (Å²) in [6, 6.07) is 2.27. The van der Waals surface area contributed by atoms with Crippen LogP contribution < -0.4 is 16.0 Å². The Labute approximate surface area is 209 Å². The molecular formula is C24H32ClN7OS. The molecule has 3 aromatic heterocycles. The van der Waals surface area contributed by atoms with Crippen molar-refractivity contribution >= 4 is 40.8 Å². The number of piperidine rings is 1. The summed E-state index contributed by atoms with van der Waals surface area (Å²) < 4.78 is 7.98. The van der Waals surface area contributed by atoms with E-state index in [9.17, 15) is 0 Å². The fraction of sp³-hybridized carbons (Fsp3) is 0.542. The van der Waals surface area contributed by atoms with Gasteiger partial charge in [0.1, 0.15) is 5.82 Å². The standard InChI is InChI=1S/C24H32ClN7OS/c1-14(2)29-21-18(25)17(5-8-27-21)34-19-15(3)30-23(32-12-9-28-22(19)32)31-10-6-24(7-11-31)13-33-16(4)20(24)26/h5,8-9,12,14,16,20H,6-7,10-11,13,26H2,1-4H3,(H,27,29)/t16-,20+/m0/s1. The Kier molecular flexibility index (Phi) is 6.39. The molecular weight excluding hydrogens is 470 g/mol. The van der Waals surface area contributed by atoms with Crippen molar-refractivity contribution in [1.82, 2.24) is 19.4 Å². The SMILES string of the molecule is Cc1nc(N2CCC3(CC2)CO[C@@H](C)[C@H]3N)n2ccnc2c1Sc1ccnc(NC(C)C)c1Cl. The number of fused-ring (bicyclic) bond motifs is 1. The Morgan fingerprint density at radius 1 is 1.26 bits per heavy atom. The van der Waals surface area contributed by atoms with Crippen LogP contribution in [-0.2, 0) is 4.74 Å². The molecule has 0 radical (unpaired) electrons. The molecule has 8 nitrogen and oxygen atoms in total. The largest absolute Gasteiger partial charge is 0.376 e. The lowest BCUT2D eigenvalue weighted by Gasteiger charge is -2.41. The molecule has 0 aromatic carbocycles. The lowest BCUT2D eigenvalue weighted by Crippen LogP contribution is -2.51. The molecule has 0 unspecified atom stereocenters. The van der Waals surface area contributed by atoms with Gasteiger partial charge in [-0.2, -0.15) is 0 Å². The number of aryl methyl sites for hydroxylation is 1. The summed E-state index contributed by atoms with van der Waals surface area (Å²) in [5.74, 6) is 1.61. The monoisotopic (exact) mass is 501 g/mol. The zero-order valence-corrected chi connectivity index (χ0v) is 21.7. The summed E-state index contributed by atoms with van der Waals surface area (Å²) in [5.41, 5.74) is 8.41. The highest BCUT2D eigenvalue weighted by molar-refractivity contribution is 7.99. The first-order valence-corrected chi connectivity index (χ1v) is 13.0. The molecule has 0 aliphatic carbocycles. The number of pyridine rings is 1. The molecule has 1 spiro atoms. The van der Waals surface area contributed by atoms with E-state index < -0.39 is 0 Å². The Bertz CT molecular complexity index is 1190. The maximum atomic E-state index is 6.69. The number of hydrogen-bond donors (Lipinski definition) is 2. The minimum Gasteiger partial charge on any atom is -0.376 e. The van der Waals surface area contributed by atoms with E-state index in [4.69, 9.17) is 27.1 Å². The van der Waals surface area contributed by atoms with Crippen LogP contribution in [0.1, 0.15) is 39.3 Å². The number of aromatic nitrogens is 4. The molecule has 2 atom stereocenters. The number of hydrogen-bond acceptors (Lipinski definition) is 8. The molecule has 2 fully saturated rings. The molecule has 0 saturated carbocycles. The van der Waals surface area contributed by atoms with Crippen molar-refractivity contribution in [2.75, 3.05) is 29.9 Å². The number of nitrogens with one attached hydrogen (secondary N) is 1. The number of nitrogens with zero attached hydrogens (tertiary/aromatic N) is 5. The minimum absolute atomic E-state index is 0.0780. The Morgan fingerprint density at radius 2 is 2.03 bits per heavy atom. The summed E-state index contributed by atoms with van der Waals surface area (Å²) in [6.45, 7) is 10.8. The molecule has 10 heteroatoms. The van der Waals surface area contributed by atoms with Crippen molar-refractivity contribution in [2.45, 2.75) is 68.5 Å². The zero-order valence-electron chi connectivity index (χ0n) is 20.1. The summed E-state index contributed by atoms with van der Waals surface area (Å²) in [5, 5.41) is 3.92. The second-order valence-electron chi connectivity index (χ2n) is 9.71.